The zero-order chi connectivity index (χ0) is 22.7. The highest BCUT2D eigenvalue weighted by atomic mass is 16.5. The van der Waals surface area contributed by atoms with Gasteiger partial charge in [0.25, 0.3) is 0 Å². The second-order valence-electron chi connectivity index (χ2n) is 7.82. The second-order valence-corrected chi connectivity index (χ2v) is 7.82. The Labute approximate surface area is 177 Å². The van der Waals surface area contributed by atoms with E-state index in [2.05, 4.69) is 5.32 Å². The first kappa shape index (κ1) is 20.5. The monoisotopic (exact) mass is 423 g/mol. The number of allylic oxidation sites excluding steroid dienone is 4. The van der Waals surface area contributed by atoms with Gasteiger partial charge in [0.05, 0.1) is 23.9 Å². The van der Waals surface area contributed by atoms with Crippen LogP contribution in [-0.4, -0.2) is 27.6 Å². The third kappa shape index (κ3) is 2.78. The summed E-state index contributed by atoms with van der Waals surface area (Å²) in [5.41, 5.74) is -1.29. The Morgan fingerprint density at radius 3 is 2.52 bits per heavy atom. The van der Waals surface area contributed by atoms with Crippen LogP contribution >= 0.6 is 0 Å². The molecule has 2 aromatic rings. The van der Waals surface area contributed by atoms with Gasteiger partial charge in [-0.15, -0.1) is 0 Å². The van der Waals surface area contributed by atoms with Crippen LogP contribution in [0, 0.1) is 6.92 Å². The van der Waals surface area contributed by atoms with E-state index in [0.29, 0.717) is 11.5 Å². The van der Waals surface area contributed by atoms with Crippen LogP contribution in [0.4, 0.5) is 0 Å². The molecule has 2 aliphatic rings. The van der Waals surface area contributed by atoms with Gasteiger partial charge in [-0.25, -0.2) is 0 Å². The van der Waals surface area contributed by atoms with Crippen molar-refractivity contribution in [2.45, 2.75) is 39.7 Å². The number of phenols is 2. The number of nitrogens with one attached hydrogen (secondary N) is 1. The number of Topliss-reactive ketones (excluding diaryl/α,β-unsaturated/α-hetero) is 2. The molecule has 1 aliphatic heterocycles. The van der Waals surface area contributed by atoms with E-state index in [1.165, 1.54) is 33.1 Å². The topological polar surface area (TPSA) is 126 Å². The van der Waals surface area contributed by atoms with Gasteiger partial charge in [-0.05, 0) is 39.8 Å². The van der Waals surface area contributed by atoms with Gasteiger partial charge in [-0.3, -0.25) is 14.4 Å². The molecule has 3 N–H and O–H groups in total. The molecule has 8 heteroatoms. The molecule has 1 aromatic carbocycles. The van der Waals surface area contributed by atoms with Crippen molar-refractivity contribution >= 4 is 17.3 Å². The molecule has 0 fully saturated rings. The number of furan rings is 1. The minimum Gasteiger partial charge on any atom is -0.507 e. The third-order valence-corrected chi connectivity index (χ3v) is 5.87. The lowest BCUT2D eigenvalue weighted by molar-refractivity contribution is -0.123. The van der Waals surface area contributed by atoms with Crippen molar-refractivity contribution in [3.8, 4) is 17.2 Å². The fraction of sp³-hybridized carbons (Fsp3) is 0.261. The lowest BCUT2D eigenvalue weighted by atomic mass is 9.70. The van der Waals surface area contributed by atoms with Gasteiger partial charge in [-0.1, -0.05) is 0 Å². The zero-order valence-electron chi connectivity index (χ0n) is 17.5. The lowest BCUT2D eigenvalue weighted by Gasteiger charge is -2.29. The van der Waals surface area contributed by atoms with Gasteiger partial charge >= 0.3 is 0 Å². The van der Waals surface area contributed by atoms with Crippen molar-refractivity contribution in [1.29, 1.82) is 0 Å². The standard InChI is InChI=1S/C23H21NO7/c1-10-19(27)17(12(3)25)21-18(20(10)28)23(4)15(31-21)8-14(26)16(22(23)29)11(2)24-9-13-6-5-7-30-13/h5-8,24,27-28H,9H2,1-4H3/b16-11+/t23-/m0/s1. The van der Waals surface area contributed by atoms with E-state index in [-0.39, 0.29) is 46.1 Å². The summed E-state index contributed by atoms with van der Waals surface area (Å²) in [4.78, 5) is 38.6. The third-order valence-electron chi connectivity index (χ3n) is 5.87. The molecule has 8 nitrogen and oxygen atoms in total. The fourth-order valence-corrected chi connectivity index (χ4v) is 4.08. The molecular formula is C23H21NO7. The quantitative estimate of drug-likeness (QED) is 0.389. The van der Waals surface area contributed by atoms with Crippen molar-refractivity contribution in [2.24, 2.45) is 0 Å². The number of hydrogen-bond acceptors (Lipinski definition) is 8. The van der Waals surface area contributed by atoms with Gasteiger partial charge < -0.3 is 24.7 Å². The average Bonchev–Trinajstić information content (AvgIpc) is 3.31. The summed E-state index contributed by atoms with van der Waals surface area (Å²) in [7, 11) is 0. The second kappa shape index (κ2) is 6.87. The number of ketones is 3. The number of aromatic hydroxyl groups is 2. The highest BCUT2D eigenvalue weighted by Crippen LogP contribution is 2.57. The highest BCUT2D eigenvalue weighted by molar-refractivity contribution is 6.31. The van der Waals surface area contributed by atoms with Crippen LogP contribution in [0.2, 0.25) is 0 Å². The maximum absolute atomic E-state index is 13.6. The van der Waals surface area contributed by atoms with Crippen molar-refractivity contribution in [3.63, 3.8) is 0 Å². The SMILES string of the molecule is CC(=O)c1c(O)c(C)c(O)c2c1OC1=CC(=O)/C(=C(/C)NCc3ccco3)C(=O)[C@@]12C. The highest BCUT2D eigenvalue weighted by Gasteiger charge is 2.56. The number of fused-ring (bicyclic) bond motifs is 3. The van der Waals surface area contributed by atoms with E-state index >= 15 is 0 Å². The molecule has 0 unspecified atom stereocenters. The molecule has 0 saturated heterocycles. The fourth-order valence-electron chi connectivity index (χ4n) is 4.08. The molecule has 1 aromatic heterocycles. The summed E-state index contributed by atoms with van der Waals surface area (Å²) < 4.78 is 11.0. The van der Waals surface area contributed by atoms with Gasteiger partial charge in [0.1, 0.15) is 39.7 Å². The molecule has 160 valence electrons. The largest absolute Gasteiger partial charge is 0.507 e. The van der Waals surface area contributed by atoms with E-state index < -0.39 is 28.5 Å². The van der Waals surface area contributed by atoms with E-state index in [0.717, 1.165) is 0 Å². The van der Waals surface area contributed by atoms with Gasteiger partial charge in [-0.2, -0.15) is 0 Å². The molecule has 1 aliphatic carbocycles. The number of phenolic OH excluding ortho intramolecular Hbond substituents is 2. The number of hydrogen-bond donors (Lipinski definition) is 3. The average molecular weight is 423 g/mol. The lowest BCUT2D eigenvalue weighted by Crippen LogP contribution is -2.41. The van der Waals surface area contributed by atoms with Crippen LogP contribution in [0.15, 0.2) is 45.9 Å². The van der Waals surface area contributed by atoms with Gasteiger partial charge in [0.15, 0.2) is 17.3 Å². The van der Waals surface area contributed by atoms with Crippen molar-refractivity contribution in [3.05, 3.63) is 64.0 Å². The molecule has 0 amide bonds. The van der Waals surface area contributed by atoms with Crippen LogP contribution in [0.3, 0.4) is 0 Å². The summed E-state index contributed by atoms with van der Waals surface area (Å²) in [6.07, 6.45) is 2.71. The van der Waals surface area contributed by atoms with Gasteiger partial charge in [0, 0.05) is 17.3 Å². The molecule has 0 spiro atoms. The Kier molecular flexibility index (Phi) is 4.53. The Bertz CT molecular complexity index is 1220. The van der Waals surface area contributed by atoms with Gasteiger partial charge in [0.2, 0.25) is 0 Å². The van der Waals surface area contributed by atoms with Crippen LogP contribution in [0.25, 0.3) is 0 Å². The minimum atomic E-state index is -1.53. The predicted octanol–water partition coefficient (Wildman–Crippen LogP) is 2.95. The first-order chi connectivity index (χ1) is 14.6. The van der Waals surface area contributed by atoms with E-state index in [1.54, 1.807) is 19.1 Å². The molecule has 31 heavy (non-hydrogen) atoms. The summed E-state index contributed by atoms with van der Waals surface area (Å²) in [5.74, 6) is -1.88. The molecule has 4 rings (SSSR count). The molecular weight excluding hydrogens is 402 g/mol. The van der Waals surface area contributed by atoms with Crippen LogP contribution in [0.5, 0.6) is 17.2 Å². The molecule has 0 saturated carbocycles. The van der Waals surface area contributed by atoms with Crippen molar-refractivity contribution in [2.75, 3.05) is 0 Å². The molecule has 0 bridgehead atoms. The Morgan fingerprint density at radius 2 is 1.90 bits per heavy atom. The molecule has 2 heterocycles. The summed E-state index contributed by atoms with van der Waals surface area (Å²) in [5, 5.41) is 24.2. The maximum atomic E-state index is 13.6. The Hall–Kier alpha value is -3.81. The summed E-state index contributed by atoms with van der Waals surface area (Å²) in [6.45, 7) is 6.09. The van der Waals surface area contributed by atoms with Crippen LogP contribution in [0.1, 0.15) is 48.0 Å². The van der Waals surface area contributed by atoms with Crippen molar-refractivity contribution < 1.29 is 33.8 Å². The summed E-state index contributed by atoms with van der Waals surface area (Å²) >= 11 is 0. The minimum absolute atomic E-state index is 0.00267. The van der Waals surface area contributed by atoms with E-state index in [9.17, 15) is 24.6 Å². The Balaban J connectivity index is 1.87. The molecule has 0 radical (unpaired) electrons. The van der Waals surface area contributed by atoms with E-state index in [4.69, 9.17) is 9.15 Å². The first-order valence-electron chi connectivity index (χ1n) is 9.65. The number of benzene rings is 1. The molecule has 1 atom stereocenters. The first-order valence-corrected chi connectivity index (χ1v) is 9.65. The van der Waals surface area contributed by atoms with Crippen LogP contribution in [-0.2, 0) is 21.5 Å². The number of carbonyl (C=O) groups excluding carboxylic acids is 3. The zero-order valence-corrected chi connectivity index (χ0v) is 17.5. The maximum Gasteiger partial charge on any atom is 0.194 e. The van der Waals surface area contributed by atoms with E-state index in [1.807, 2.05) is 0 Å². The number of rotatable bonds is 4. The van der Waals surface area contributed by atoms with Crippen LogP contribution < -0.4 is 10.1 Å². The Morgan fingerprint density at radius 1 is 1.19 bits per heavy atom. The normalized spacial score (nSPS) is 21.2. The number of ether oxygens (including phenoxy) is 1. The summed E-state index contributed by atoms with van der Waals surface area (Å²) in [6, 6.07) is 3.48. The number of carbonyl (C=O) groups is 3. The smallest absolute Gasteiger partial charge is 0.194 e. The predicted molar refractivity (Wildman–Crippen MR) is 109 cm³/mol. The van der Waals surface area contributed by atoms with Crippen molar-refractivity contribution in [1.82, 2.24) is 5.32 Å².